The van der Waals surface area contributed by atoms with Crippen LogP contribution in [-0.4, -0.2) is 32.0 Å². The molecule has 0 radical (unpaired) electrons. The van der Waals surface area contributed by atoms with E-state index in [2.05, 4.69) is 15.6 Å². The van der Waals surface area contributed by atoms with E-state index < -0.39 is 17.8 Å². The lowest BCUT2D eigenvalue weighted by Crippen LogP contribution is -2.36. The van der Waals surface area contributed by atoms with E-state index in [4.69, 9.17) is 0 Å². The maximum atomic E-state index is 12.7. The molecule has 0 aliphatic heterocycles. The number of nitrogens with one attached hydrogen (secondary N) is 1. The maximum Gasteiger partial charge on any atom is 0.307 e. The molecule has 0 unspecified atom stereocenters. The average molecular weight is 324 g/mol. The number of hydrogen-bond acceptors (Lipinski definition) is 4. The first-order valence-electron chi connectivity index (χ1n) is 7.82. The zero-order chi connectivity index (χ0) is 16.7. The molecule has 0 saturated heterocycles. The number of carboxylic acid groups (broad SMARTS) is 1. The number of aromatic nitrogens is 3. The number of allylic oxidation sites excluding steroid dienone is 2. The predicted molar refractivity (Wildman–Crippen MR) is 85.3 cm³/mol. The van der Waals surface area contributed by atoms with Gasteiger partial charge in [0.25, 0.3) is 0 Å². The molecule has 7 heteroatoms. The Labute approximate surface area is 138 Å². The predicted octanol–water partition coefficient (Wildman–Crippen LogP) is 1.73. The number of hydrogen-bond donors (Lipinski definition) is 2. The summed E-state index contributed by atoms with van der Waals surface area (Å²) in [6.45, 7) is 0. The second-order valence-corrected chi connectivity index (χ2v) is 6.23. The summed E-state index contributed by atoms with van der Waals surface area (Å²) in [5.74, 6) is -2.33. The van der Waals surface area contributed by atoms with Gasteiger partial charge in [0, 0.05) is 5.69 Å². The van der Waals surface area contributed by atoms with Crippen molar-refractivity contribution in [3.8, 4) is 5.69 Å². The van der Waals surface area contributed by atoms with Crippen LogP contribution in [0.1, 0.15) is 6.42 Å². The molecule has 24 heavy (non-hydrogen) atoms. The molecule has 0 spiro atoms. The van der Waals surface area contributed by atoms with Gasteiger partial charge in [-0.25, -0.2) is 4.68 Å². The van der Waals surface area contributed by atoms with Gasteiger partial charge in [0.05, 0.1) is 29.9 Å². The van der Waals surface area contributed by atoms with Crippen LogP contribution in [0.25, 0.3) is 5.69 Å². The molecule has 2 aliphatic carbocycles. The van der Waals surface area contributed by atoms with Crippen LogP contribution in [0.2, 0.25) is 0 Å². The van der Waals surface area contributed by atoms with Gasteiger partial charge >= 0.3 is 5.97 Å². The minimum absolute atomic E-state index is 0.00889. The minimum Gasteiger partial charge on any atom is -0.481 e. The lowest BCUT2D eigenvalue weighted by molar-refractivity contribution is -0.146. The van der Waals surface area contributed by atoms with Crippen molar-refractivity contribution < 1.29 is 14.7 Å². The topological polar surface area (TPSA) is 97.1 Å². The SMILES string of the molecule is O=C(O)[C@@H]1[C@H](C(=O)Nc2cccc(-n3ccnn3)c2)[C@H]2C=C[C@H]1C2. The maximum absolute atomic E-state index is 12.7. The summed E-state index contributed by atoms with van der Waals surface area (Å²) in [6, 6.07) is 7.22. The number of rotatable bonds is 4. The van der Waals surface area contributed by atoms with Gasteiger partial charge in [0.1, 0.15) is 0 Å². The molecule has 2 N–H and O–H groups in total. The minimum atomic E-state index is -0.900. The van der Waals surface area contributed by atoms with E-state index in [-0.39, 0.29) is 17.7 Å². The zero-order valence-corrected chi connectivity index (χ0v) is 12.7. The van der Waals surface area contributed by atoms with E-state index in [1.807, 2.05) is 24.3 Å². The normalized spacial score (nSPS) is 27.3. The lowest BCUT2D eigenvalue weighted by atomic mass is 9.82. The number of carboxylic acids is 1. The van der Waals surface area contributed by atoms with Gasteiger partial charge in [-0.2, -0.15) is 0 Å². The van der Waals surface area contributed by atoms with E-state index in [9.17, 15) is 14.7 Å². The molecular weight excluding hydrogens is 308 g/mol. The van der Waals surface area contributed by atoms with Gasteiger partial charge < -0.3 is 10.4 Å². The van der Waals surface area contributed by atoms with Crippen LogP contribution in [0.5, 0.6) is 0 Å². The molecule has 2 aromatic rings. The van der Waals surface area contributed by atoms with Crippen LogP contribution in [0.3, 0.4) is 0 Å². The Kier molecular flexibility index (Phi) is 3.41. The summed E-state index contributed by atoms with van der Waals surface area (Å²) in [7, 11) is 0. The van der Waals surface area contributed by atoms with E-state index >= 15 is 0 Å². The number of anilines is 1. The molecular formula is C17H16N4O3. The van der Waals surface area contributed by atoms with Crippen molar-refractivity contribution in [3.05, 3.63) is 48.8 Å². The molecule has 1 saturated carbocycles. The fourth-order valence-corrected chi connectivity index (χ4v) is 3.81. The molecule has 2 aliphatic rings. The van der Waals surface area contributed by atoms with Gasteiger partial charge in [0.15, 0.2) is 0 Å². The van der Waals surface area contributed by atoms with Crippen LogP contribution in [0.4, 0.5) is 5.69 Å². The van der Waals surface area contributed by atoms with E-state index in [1.165, 1.54) is 0 Å². The van der Waals surface area contributed by atoms with E-state index in [0.29, 0.717) is 5.69 Å². The third-order valence-electron chi connectivity index (χ3n) is 4.85. The van der Waals surface area contributed by atoms with Crippen LogP contribution in [0, 0.1) is 23.7 Å². The average Bonchev–Trinajstić information content (AvgIpc) is 3.31. The number of amides is 1. The van der Waals surface area contributed by atoms with Gasteiger partial charge in [0.2, 0.25) is 5.91 Å². The zero-order valence-electron chi connectivity index (χ0n) is 12.7. The van der Waals surface area contributed by atoms with Crippen molar-refractivity contribution >= 4 is 17.6 Å². The highest BCUT2D eigenvalue weighted by atomic mass is 16.4. The highest BCUT2D eigenvalue weighted by Gasteiger charge is 2.51. The first-order valence-corrected chi connectivity index (χ1v) is 7.82. The Morgan fingerprint density at radius 3 is 2.71 bits per heavy atom. The highest BCUT2D eigenvalue weighted by Crippen LogP contribution is 2.48. The summed E-state index contributed by atoms with van der Waals surface area (Å²) in [5, 5.41) is 20.0. The first kappa shape index (κ1) is 14.6. The van der Waals surface area contributed by atoms with Gasteiger partial charge in [-0.1, -0.05) is 23.4 Å². The number of carbonyl (C=O) groups is 2. The number of fused-ring (bicyclic) bond motifs is 2. The Bertz CT molecular complexity index is 815. The molecule has 1 heterocycles. The Morgan fingerprint density at radius 1 is 1.21 bits per heavy atom. The Balaban J connectivity index is 1.55. The summed E-state index contributed by atoms with van der Waals surface area (Å²) >= 11 is 0. The van der Waals surface area contributed by atoms with Gasteiger partial charge in [-0.3, -0.25) is 9.59 Å². The van der Waals surface area contributed by atoms with Crippen LogP contribution in [0.15, 0.2) is 48.8 Å². The lowest BCUT2D eigenvalue weighted by Gasteiger charge is -2.23. The van der Waals surface area contributed by atoms with Crippen molar-refractivity contribution in [2.24, 2.45) is 23.7 Å². The number of benzene rings is 1. The molecule has 1 aromatic heterocycles. The third kappa shape index (κ3) is 2.38. The molecule has 4 atom stereocenters. The molecule has 2 bridgehead atoms. The Hall–Kier alpha value is -2.96. The van der Waals surface area contributed by atoms with Gasteiger partial charge in [-0.05, 0) is 36.5 Å². The molecule has 1 amide bonds. The number of nitrogens with zero attached hydrogens (tertiary/aromatic N) is 3. The largest absolute Gasteiger partial charge is 0.481 e. The third-order valence-corrected chi connectivity index (χ3v) is 4.85. The summed E-state index contributed by atoms with van der Waals surface area (Å²) in [5.41, 5.74) is 1.39. The second kappa shape index (κ2) is 5.59. The summed E-state index contributed by atoms with van der Waals surface area (Å²) in [4.78, 5) is 24.2. The highest BCUT2D eigenvalue weighted by molar-refractivity contribution is 5.96. The summed E-state index contributed by atoms with van der Waals surface area (Å²) < 4.78 is 1.59. The molecule has 1 fully saturated rings. The van der Waals surface area contributed by atoms with Crippen molar-refractivity contribution in [3.63, 3.8) is 0 Å². The molecule has 7 nitrogen and oxygen atoms in total. The Morgan fingerprint density at radius 2 is 2.00 bits per heavy atom. The first-order chi connectivity index (χ1) is 11.6. The van der Waals surface area contributed by atoms with Gasteiger partial charge in [-0.15, -0.1) is 5.10 Å². The fraction of sp³-hybridized carbons (Fsp3) is 0.294. The second-order valence-electron chi connectivity index (χ2n) is 6.23. The monoisotopic (exact) mass is 324 g/mol. The number of carbonyl (C=O) groups excluding carboxylic acids is 1. The molecule has 1 aromatic carbocycles. The van der Waals surface area contributed by atoms with Crippen LogP contribution in [-0.2, 0) is 9.59 Å². The van der Waals surface area contributed by atoms with Crippen molar-refractivity contribution in [1.82, 2.24) is 15.0 Å². The smallest absolute Gasteiger partial charge is 0.307 e. The van der Waals surface area contributed by atoms with E-state index in [0.717, 1.165) is 12.1 Å². The quantitative estimate of drug-likeness (QED) is 0.835. The van der Waals surface area contributed by atoms with Crippen molar-refractivity contribution in [1.29, 1.82) is 0 Å². The molecule has 122 valence electrons. The van der Waals surface area contributed by atoms with Crippen molar-refractivity contribution in [2.45, 2.75) is 6.42 Å². The standard InChI is InChI=1S/C17H16N4O3/c22-16(14-10-4-5-11(8-10)15(14)17(23)24)19-12-2-1-3-13(9-12)21-7-6-18-20-21/h1-7,9-11,14-15H,8H2,(H,19,22)(H,23,24)/t10-,11-,14+,15-/m0/s1. The van der Waals surface area contributed by atoms with Crippen LogP contribution < -0.4 is 5.32 Å². The summed E-state index contributed by atoms with van der Waals surface area (Å²) in [6.07, 6.45) is 7.93. The van der Waals surface area contributed by atoms with E-state index in [1.54, 1.807) is 29.2 Å². The molecule has 4 rings (SSSR count). The van der Waals surface area contributed by atoms with Crippen molar-refractivity contribution in [2.75, 3.05) is 5.32 Å². The number of aliphatic carboxylic acids is 1. The van der Waals surface area contributed by atoms with Crippen LogP contribution >= 0.6 is 0 Å². The fourth-order valence-electron chi connectivity index (χ4n) is 3.81.